The van der Waals surface area contributed by atoms with Crippen molar-refractivity contribution in [3.63, 3.8) is 0 Å². The van der Waals surface area contributed by atoms with Crippen molar-refractivity contribution in [3.8, 4) is 11.5 Å². The molecule has 3 N–H and O–H groups in total. The zero-order valence-electron chi connectivity index (χ0n) is 12.2. The number of aromatic nitrogens is 2. The van der Waals surface area contributed by atoms with E-state index in [1.807, 2.05) is 6.92 Å². The van der Waals surface area contributed by atoms with Crippen molar-refractivity contribution in [2.24, 2.45) is 0 Å². The van der Waals surface area contributed by atoms with Gasteiger partial charge < -0.3 is 15.3 Å². The monoisotopic (exact) mass is 306 g/mol. The molecule has 0 saturated carbocycles. The lowest BCUT2D eigenvalue weighted by atomic mass is 10.1. The summed E-state index contributed by atoms with van der Waals surface area (Å²) in [6, 6.07) is 2.63. The molecule has 0 unspecified atom stereocenters. The van der Waals surface area contributed by atoms with Gasteiger partial charge in [0.2, 0.25) is 0 Å². The zero-order chi connectivity index (χ0) is 16.3. The zero-order valence-corrected chi connectivity index (χ0v) is 12.2. The van der Waals surface area contributed by atoms with Crippen LogP contribution in [0.4, 0.5) is 0 Å². The van der Waals surface area contributed by atoms with E-state index >= 15 is 0 Å². The van der Waals surface area contributed by atoms with E-state index < -0.39 is 11.7 Å². The van der Waals surface area contributed by atoms with Crippen molar-refractivity contribution >= 4 is 16.9 Å². The highest BCUT2D eigenvalue weighted by Crippen LogP contribution is 2.31. The molecule has 1 heterocycles. The number of nitrogens with zero attached hydrogens (tertiary/aromatic N) is 2. The molecule has 0 atom stereocenters. The summed E-state index contributed by atoms with van der Waals surface area (Å²) >= 11 is 0. The first-order valence-corrected chi connectivity index (χ1v) is 7.11. The van der Waals surface area contributed by atoms with Crippen LogP contribution >= 0.6 is 0 Å². The van der Waals surface area contributed by atoms with Gasteiger partial charge >= 0.3 is 11.7 Å². The SMILES string of the molecule is CCCCc1nc(=O)n(CCC(=O)O)c2cc(O)c(O)cc12. The lowest BCUT2D eigenvalue weighted by Gasteiger charge is -2.13. The van der Waals surface area contributed by atoms with Gasteiger partial charge in [-0.05, 0) is 18.9 Å². The van der Waals surface area contributed by atoms with Gasteiger partial charge in [0, 0.05) is 18.0 Å². The maximum Gasteiger partial charge on any atom is 0.348 e. The van der Waals surface area contributed by atoms with E-state index in [9.17, 15) is 19.8 Å². The maximum absolute atomic E-state index is 12.1. The lowest BCUT2D eigenvalue weighted by Crippen LogP contribution is -2.26. The highest BCUT2D eigenvalue weighted by molar-refractivity contribution is 5.85. The summed E-state index contributed by atoms with van der Waals surface area (Å²) in [4.78, 5) is 26.9. The van der Waals surface area contributed by atoms with Crippen molar-refractivity contribution in [3.05, 3.63) is 28.3 Å². The normalized spacial score (nSPS) is 11.0. The molecule has 22 heavy (non-hydrogen) atoms. The van der Waals surface area contributed by atoms with E-state index in [1.165, 1.54) is 16.7 Å². The standard InChI is InChI=1S/C15H18N2O5/c1-2-3-4-10-9-7-12(18)13(19)8-11(9)17(15(22)16-10)6-5-14(20)21/h7-8,18-19H,2-6H2,1H3,(H,20,21). The summed E-state index contributed by atoms with van der Waals surface area (Å²) in [7, 11) is 0. The van der Waals surface area contributed by atoms with Gasteiger partial charge in [0.15, 0.2) is 11.5 Å². The van der Waals surface area contributed by atoms with E-state index in [2.05, 4.69) is 4.98 Å². The first-order chi connectivity index (χ1) is 10.4. The van der Waals surface area contributed by atoms with E-state index in [4.69, 9.17) is 5.11 Å². The molecule has 0 fully saturated rings. The second-order valence-corrected chi connectivity index (χ2v) is 5.10. The van der Waals surface area contributed by atoms with E-state index in [-0.39, 0.29) is 24.5 Å². The fraction of sp³-hybridized carbons (Fsp3) is 0.400. The Hall–Kier alpha value is -2.57. The summed E-state index contributed by atoms with van der Waals surface area (Å²) in [5.74, 6) is -1.68. The van der Waals surface area contributed by atoms with Gasteiger partial charge in [0.25, 0.3) is 0 Å². The fourth-order valence-corrected chi connectivity index (χ4v) is 2.32. The lowest BCUT2D eigenvalue weighted by molar-refractivity contribution is -0.137. The van der Waals surface area contributed by atoms with Crippen LogP contribution in [0.2, 0.25) is 0 Å². The molecule has 118 valence electrons. The predicted molar refractivity (Wildman–Crippen MR) is 80.2 cm³/mol. The fourth-order valence-electron chi connectivity index (χ4n) is 2.32. The molecular weight excluding hydrogens is 288 g/mol. The third-order valence-corrected chi connectivity index (χ3v) is 3.47. The minimum Gasteiger partial charge on any atom is -0.504 e. The summed E-state index contributed by atoms with van der Waals surface area (Å²) in [5.41, 5.74) is 0.372. The number of unbranched alkanes of at least 4 members (excludes halogenated alkanes) is 1. The highest BCUT2D eigenvalue weighted by Gasteiger charge is 2.14. The van der Waals surface area contributed by atoms with Gasteiger partial charge in [-0.3, -0.25) is 9.36 Å². The average Bonchev–Trinajstić information content (AvgIpc) is 2.46. The van der Waals surface area contributed by atoms with Crippen molar-refractivity contribution in [1.82, 2.24) is 9.55 Å². The Labute approximate surface area is 126 Å². The molecule has 7 nitrogen and oxygen atoms in total. The minimum atomic E-state index is -1.03. The largest absolute Gasteiger partial charge is 0.504 e. The van der Waals surface area contributed by atoms with Crippen LogP contribution in [-0.2, 0) is 17.8 Å². The van der Waals surface area contributed by atoms with Crippen LogP contribution in [0.3, 0.4) is 0 Å². The smallest absolute Gasteiger partial charge is 0.348 e. The van der Waals surface area contributed by atoms with Gasteiger partial charge in [-0.25, -0.2) is 4.79 Å². The molecule has 7 heteroatoms. The Morgan fingerprint density at radius 1 is 1.27 bits per heavy atom. The Balaban J connectivity index is 2.65. The molecule has 0 amide bonds. The first kappa shape index (κ1) is 15.8. The van der Waals surface area contributed by atoms with Crippen LogP contribution in [0.1, 0.15) is 31.9 Å². The van der Waals surface area contributed by atoms with Crippen LogP contribution in [0.25, 0.3) is 10.9 Å². The Morgan fingerprint density at radius 2 is 1.95 bits per heavy atom. The van der Waals surface area contributed by atoms with E-state index in [0.717, 1.165) is 12.8 Å². The van der Waals surface area contributed by atoms with Crippen LogP contribution in [-0.4, -0.2) is 30.8 Å². The van der Waals surface area contributed by atoms with Gasteiger partial charge in [0.1, 0.15) is 0 Å². The number of aromatic hydroxyl groups is 2. The summed E-state index contributed by atoms with van der Waals surface area (Å²) < 4.78 is 1.21. The highest BCUT2D eigenvalue weighted by atomic mass is 16.4. The number of carbonyl (C=O) groups is 1. The molecule has 2 aromatic rings. The molecule has 0 radical (unpaired) electrons. The van der Waals surface area contributed by atoms with Crippen molar-refractivity contribution in [2.75, 3.05) is 0 Å². The van der Waals surface area contributed by atoms with Gasteiger partial charge in [0.05, 0.1) is 17.6 Å². The Morgan fingerprint density at radius 3 is 2.59 bits per heavy atom. The number of hydrogen-bond acceptors (Lipinski definition) is 5. The molecule has 0 saturated heterocycles. The number of phenolic OH excluding ortho intramolecular Hbond substituents is 2. The minimum absolute atomic E-state index is 0.0457. The van der Waals surface area contributed by atoms with Crippen molar-refractivity contribution in [1.29, 1.82) is 0 Å². The molecule has 0 spiro atoms. The third kappa shape index (κ3) is 3.19. The molecule has 0 aliphatic rings. The number of carboxylic acid groups (broad SMARTS) is 1. The molecule has 1 aromatic heterocycles. The second kappa shape index (κ2) is 6.46. The second-order valence-electron chi connectivity index (χ2n) is 5.10. The number of rotatable bonds is 6. The molecule has 0 aliphatic carbocycles. The van der Waals surface area contributed by atoms with Crippen molar-refractivity contribution < 1.29 is 20.1 Å². The van der Waals surface area contributed by atoms with Gasteiger partial charge in [-0.2, -0.15) is 4.98 Å². The van der Waals surface area contributed by atoms with Crippen LogP contribution in [0, 0.1) is 0 Å². The van der Waals surface area contributed by atoms with Crippen LogP contribution in [0.5, 0.6) is 11.5 Å². The number of aryl methyl sites for hydroxylation is 2. The molecular formula is C15H18N2O5. The summed E-state index contributed by atoms with van der Waals surface area (Å²) in [6.45, 7) is 1.97. The molecule has 0 bridgehead atoms. The van der Waals surface area contributed by atoms with Crippen LogP contribution in [0.15, 0.2) is 16.9 Å². The number of aliphatic carboxylic acids is 1. The van der Waals surface area contributed by atoms with E-state index in [1.54, 1.807) is 0 Å². The maximum atomic E-state index is 12.1. The van der Waals surface area contributed by atoms with Gasteiger partial charge in [-0.1, -0.05) is 13.3 Å². The number of benzene rings is 1. The number of carboxylic acids is 1. The predicted octanol–water partition coefficient (Wildman–Crippen LogP) is 1.62. The molecule has 0 aliphatic heterocycles. The third-order valence-electron chi connectivity index (χ3n) is 3.47. The Bertz CT molecular complexity index is 767. The van der Waals surface area contributed by atoms with Crippen LogP contribution < -0.4 is 5.69 Å². The summed E-state index contributed by atoms with van der Waals surface area (Å²) in [5, 5.41) is 28.7. The van der Waals surface area contributed by atoms with E-state index in [0.29, 0.717) is 23.0 Å². The quantitative estimate of drug-likeness (QED) is 0.699. The average molecular weight is 306 g/mol. The van der Waals surface area contributed by atoms with Crippen molar-refractivity contribution in [2.45, 2.75) is 39.2 Å². The number of hydrogen-bond donors (Lipinski definition) is 3. The Kier molecular flexibility index (Phi) is 4.65. The molecule has 2 rings (SSSR count). The summed E-state index contributed by atoms with van der Waals surface area (Å²) in [6.07, 6.45) is 2.11. The van der Waals surface area contributed by atoms with Gasteiger partial charge in [-0.15, -0.1) is 0 Å². The first-order valence-electron chi connectivity index (χ1n) is 7.11. The number of fused-ring (bicyclic) bond motifs is 1. The molecule has 1 aromatic carbocycles. The number of phenols is 2. The topological polar surface area (TPSA) is 113 Å².